The van der Waals surface area contributed by atoms with Crippen molar-refractivity contribution in [3.05, 3.63) is 41.1 Å². The summed E-state index contributed by atoms with van der Waals surface area (Å²) in [4.78, 5) is 22.1. The minimum absolute atomic E-state index is 0.144. The van der Waals surface area contributed by atoms with Gasteiger partial charge < -0.3 is 15.4 Å². The zero-order valence-electron chi connectivity index (χ0n) is 10.5. The first-order valence-corrected chi connectivity index (χ1v) is 6.03. The van der Waals surface area contributed by atoms with E-state index in [1.54, 1.807) is 18.2 Å². The second kappa shape index (κ2) is 8.16. The first kappa shape index (κ1) is 15.0. The molecule has 0 aromatic heterocycles. The molecule has 1 rings (SSSR count). The number of urea groups is 1. The minimum atomic E-state index is -0.380. The Morgan fingerprint density at radius 3 is 2.63 bits per heavy atom. The average Bonchev–Trinajstić information content (AvgIpc) is 2.41. The molecule has 1 aromatic rings. The molecular formula is C13H15ClN2O3. The van der Waals surface area contributed by atoms with E-state index in [1.165, 1.54) is 13.3 Å². The van der Waals surface area contributed by atoms with Crippen molar-refractivity contribution in [1.29, 1.82) is 0 Å². The Bertz CT molecular complexity index is 457. The molecule has 0 bridgehead atoms. The lowest BCUT2D eigenvalue weighted by Gasteiger charge is -2.03. The van der Waals surface area contributed by atoms with Crippen molar-refractivity contribution in [3.63, 3.8) is 0 Å². The molecule has 0 saturated heterocycles. The Morgan fingerprint density at radius 2 is 2.00 bits per heavy atom. The molecule has 6 heteroatoms. The second-order valence-electron chi connectivity index (χ2n) is 3.61. The van der Waals surface area contributed by atoms with Crippen LogP contribution in [0.5, 0.6) is 0 Å². The number of carbonyl (C=O) groups is 2. The molecule has 0 unspecified atom stereocenters. The van der Waals surface area contributed by atoms with Gasteiger partial charge in [-0.25, -0.2) is 4.79 Å². The molecule has 0 aliphatic rings. The van der Waals surface area contributed by atoms with Gasteiger partial charge in [-0.2, -0.15) is 0 Å². The largest absolute Gasteiger partial charge is 0.469 e. The third-order valence-corrected chi connectivity index (χ3v) is 2.45. The Labute approximate surface area is 116 Å². The van der Waals surface area contributed by atoms with Crippen LogP contribution in [0.4, 0.5) is 4.79 Å². The number of amides is 2. The molecule has 2 amide bonds. The van der Waals surface area contributed by atoms with Crippen LogP contribution in [0.2, 0.25) is 5.02 Å². The van der Waals surface area contributed by atoms with Crippen LogP contribution in [0.25, 0.3) is 6.08 Å². The maximum Gasteiger partial charge on any atom is 0.318 e. The van der Waals surface area contributed by atoms with Crippen LogP contribution in [0.1, 0.15) is 12.0 Å². The smallest absolute Gasteiger partial charge is 0.318 e. The van der Waals surface area contributed by atoms with Crippen molar-refractivity contribution in [2.75, 3.05) is 13.7 Å². The fraction of sp³-hybridized carbons (Fsp3) is 0.231. The zero-order valence-corrected chi connectivity index (χ0v) is 11.2. The van der Waals surface area contributed by atoms with Crippen molar-refractivity contribution in [3.8, 4) is 0 Å². The van der Waals surface area contributed by atoms with Crippen molar-refractivity contribution in [1.82, 2.24) is 10.6 Å². The van der Waals surface area contributed by atoms with Crippen LogP contribution in [0.15, 0.2) is 30.5 Å². The fourth-order valence-electron chi connectivity index (χ4n) is 1.22. The predicted molar refractivity (Wildman–Crippen MR) is 73.7 cm³/mol. The fourth-order valence-corrected chi connectivity index (χ4v) is 1.34. The van der Waals surface area contributed by atoms with Crippen LogP contribution in [-0.2, 0) is 9.53 Å². The zero-order chi connectivity index (χ0) is 14.1. The summed E-state index contributed by atoms with van der Waals surface area (Å²) in [5, 5.41) is 5.70. The van der Waals surface area contributed by atoms with E-state index in [2.05, 4.69) is 15.4 Å². The summed E-state index contributed by atoms with van der Waals surface area (Å²) in [6, 6.07) is 6.80. The lowest BCUT2D eigenvalue weighted by molar-refractivity contribution is -0.140. The number of nitrogens with one attached hydrogen (secondary N) is 2. The maximum atomic E-state index is 11.3. The third-order valence-electron chi connectivity index (χ3n) is 2.20. The number of hydrogen-bond acceptors (Lipinski definition) is 3. The van der Waals surface area contributed by atoms with Crippen LogP contribution in [0, 0.1) is 0 Å². The van der Waals surface area contributed by atoms with Gasteiger partial charge in [0.2, 0.25) is 0 Å². The van der Waals surface area contributed by atoms with Gasteiger partial charge in [0, 0.05) is 17.8 Å². The highest BCUT2D eigenvalue weighted by atomic mass is 35.5. The van der Waals surface area contributed by atoms with Crippen LogP contribution >= 0.6 is 11.6 Å². The van der Waals surface area contributed by atoms with Gasteiger partial charge in [-0.15, -0.1) is 0 Å². The molecule has 0 atom stereocenters. The summed E-state index contributed by atoms with van der Waals surface area (Å²) in [5.74, 6) is -0.364. The molecule has 1 aromatic carbocycles. The predicted octanol–water partition coefficient (Wildman–Crippen LogP) is 2.17. The number of methoxy groups -OCH3 is 1. The highest BCUT2D eigenvalue weighted by Crippen LogP contribution is 2.10. The van der Waals surface area contributed by atoms with Crippen LogP contribution in [-0.4, -0.2) is 25.7 Å². The van der Waals surface area contributed by atoms with E-state index in [-0.39, 0.29) is 25.0 Å². The SMILES string of the molecule is COC(=O)CCNC(=O)N/C=C/c1ccc(Cl)cc1. The maximum absolute atomic E-state index is 11.3. The van der Waals surface area contributed by atoms with E-state index in [0.29, 0.717) is 5.02 Å². The summed E-state index contributed by atoms with van der Waals surface area (Å²) < 4.78 is 4.45. The Morgan fingerprint density at radius 1 is 1.32 bits per heavy atom. The van der Waals surface area contributed by atoms with E-state index >= 15 is 0 Å². The first-order valence-electron chi connectivity index (χ1n) is 5.65. The first-order chi connectivity index (χ1) is 9.11. The van der Waals surface area contributed by atoms with E-state index in [9.17, 15) is 9.59 Å². The van der Waals surface area contributed by atoms with Gasteiger partial charge in [0.15, 0.2) is 0 Å². The molecule has 0 saturated carbocycles. The number of benzene rings is 1. The molecule has 2 N–H and O–H groups in total. The molecule has 0 heterocycles. The van der Waals surface area contributed by atoms with Gasteiger partial charge in [0.25, 0.3) is 0 Å². The quantitative estimate of drug-likeness (QED) is 0.814. The third kappa shape index (κ3) is 6.47. The molecule has 0 spiro atoms. The van der Waals surface area contributed by atoms with Gasteiger partial charge in [-0.1, -0.05) is 23.7 Å². The van der Waals surface area contributed by atoms with E-state index < -0.39 is 0 Å². The van der Waals surface area contributed by atoms with Crippen molar-refractivity contribution < 1.29 is 14.3 Å². The van der Waals surface area contributed by atoms with Crippen molar-refractivity contribution in [2.45, 2.75) is 6.42 Å². The van der Waals surface area contributed by atoms with E-state index in [4.69, 9.17) is 11.6 Å². The topological polar surface area (TPSA) is 67.4 Å². The molecule has 19 heavy (non-hydrogen) atoms. The standard InChI is InChI=1S/C13H15ClN2O3/c1-19-12(17)7-9-16-13(18)15-8-6-10-2-4-11(14)5-3-10/h2-6,8H,7,9H2,1H3,(H2,15,16,18)/b8-6+. The number of esters is 1. The normalized spacial score (nSPS) is 10.2. The molecule has 0 radical (unpaired) electrons. The molecule has 0 aliphatic carbocycles. The van der Waals surface area contributed by atoms with Crippen LogP contribution in [0.3, 0.4) is 0 Å². The Kier molecular flexibility index (Phi) is 6.46. The number of ether oxygens (including phenoxy) is 1. The molecule has 0 fully saturated rings. The summed E-state index contributed by atoms with van der Waals surface area (Å²) in [6.07, 6.45) is 3.39. The van der Waals surface area contributed by atoms with Gasteiger partial charge in [0.05, 0.1) is 13.5 Å². The average molecular weight is 283 g/mol. The van der Waals surface area contributed by atoms with Gasteiger partial charge in [-0.05, 0) is 23.8 Å². The summed E-state index contributed by atoms with van der Waals surface area (Å²) >= 11 is 5.75. The minimum Gasteiger partial charge on any atom is -0.469 e. The summed E-state index contributed by atoms with van der Waals surface area (Å²) in [5.41, 5.74) is 0.916. The Hall–Kier alpha value is -2.01. The van der Waals surface area contributed by atoms with Gasteiger partial charge >= 0.3 is 12.0 Å². The van der Waals surface area contributed by atoms with Crippen LogP contribution < -0.4 is 10.6 Å². The second-order valence-corrected chi connectivity index (χ2v) is 4.05. The van der Waals surface area contributed by atoms with E-state index in [1.807, 2.05) is 12.1 Å². The Balaban J connectivity index is 2.26. The molecule has 5 nitrogen and oxygen atoms in total. The van der Waals surface area contributed by atoms with Gasteiger partial charge in [0.1, 0.15) is 0 Å². The highest BCUT2D eigenvalue weighted by Gasteiger charge is 2.01. The number of hydrogen-bond donors (Lipinski definition) is 2. The summed E-state index contributed by atoms with van der Waals surface area (Å²) in [6.45, 7) is 0.229. The lowest BCUT2D eigenvalue weighted by atomic mass is 10.2. The lowest BCUT2D eigenvalue weighted by Crippen LogP contribution is -2.33. The number of carbonyl (C=O) groups excluding carboxylic acids is 2. The number of rotatable bonds is 5. The summed E-state index contributed by atoms with van der Waals surface area (Å²) in [7, 11) is 1.30. The van der Waals surface area contributed by atoms with E-state index in [0.717, 1.165) is 5.56 Å². The highest BCUT2D eigenvalue weighted by molar-refractivity contribution is 6.30. The molecule has 0 aliphatic heterocycles. The van der Waals surface area contributed by atoms with Crippen molar-refractivity contribution >= 4 is 29.7 Å². The molecular weight excluding hydrogens is 268 g/mol. The number of halogens is 1. The van der Waals surface area contributed by atoms with Crippen molar-refractivity contribution in [2.24, 2.45) is 0 Å². The van der Waals surface area contributed by atoms with Gasteiger partial charge in [-0.3, -0.25) is 4.79 Å². The monoisotopic (exact) mass is 282 g/mol. The molecule has 102 valence electrons.